The first-order valence-corrected chi connectivity index (χ1v) is 17.0. The second-order valence-electron chi connectivity index (χ2n) is 15.9. The van der Waals surface area contributed by atoms with Gasteiger partial charge in [-0.1, -0.05) is 19.9 Å². The van der Waals surface area contributed by atoms with E-state index in [1.165, 1.54) is 33.5 Å². The Morgan fingerprint density at radius 1 is 1.00 bits per heavy atom. The van der Waals surface area contributed by atoms with E-state index in [1.807, 2.05) is 13.8 Å². The molecule has 2 bridgehead atoms. The fourth-order valence-corrected chi connectivity index (χ4v) is 12.3. The summed E-state index contributed by atoms with van der Waals surface area (Å²) < 4.78 is 56.5. The molecule has 0 aromatic carbocycles. The highest BCUT2D eigenvalue weighted by Crippen LogP contribution is 2.81. The van der Waals surface area contributed by atoms with Crippen LogP contribution in [0, 0.1) is 34.0 Å². The van der Waals surface area contributed by atoms with Gasteiger partial charge in [0.25, 0.3) is 5.79 Å². The third-order valence-electron chi connectivity index (χ3n) is 14.3. The summed E-state index contributed by atoms with van der Waals surface area (Å²) in [5.74, 6) is -6.47. The van der Waals surface area contributed by atoms with Crippen molar-refractivity contribution in [1.29, 1.82) is 0 Å². The number of aliphatic hydroxyl groups is 2. The summed E-state index contributed by atoms with van der Waals surface area (Å²) in [6.07, 6.45) is -0.642. The maximum atomic E-state index is 14.2. The van der Waals surface area contributed by atoms with Crippen LogP contribution in [0.15, 0.2) is 24.0 Å². The molecule has 8 aliphatic rings. The largest absolute Gasteiger partial charge is 0.469 e. The van der Waals surface area contributed by atoms with Crippen molar-refractivity contribution in [2.45, 2.75) is 114 Å². The maximum absolute atomic E-state index is 14.2. The Morgan fingerprint density at radius 2 is 1.73 bits per heavy atom. The average Bonchev–Trinajstić information content (AvgIpc) is 3.82. The molecule has 49 heavy (non-hydrogen) atoms. The van der Waals surface area contributed by atoms with Gasteiger partial charge in [-0.3, -0.25) is 4.79 Å². The van der Waals surface area contributed by atoms with E-state index in [0.29, 0.717) is 5.57 Å². The number of methoxy groups -OCH3 is 2. The molecule has 0 aromatic rings. The molecule has 0 radical (unpaired) electrons. The van der Waals surface area contributed by atoms with E-state index in [0.717, 1.165) is 0 Å². The van der Waals surface area contributed by atoms with Crippen molar-refractivity contribution >= 4 is 17.9 Å². The number of hydrogen-bond donors (Lipinski definition) is 2. The van der Waals surface area contributed by atoms with Crippen LogP contribution in [0.1, 0.15) is 54.4 Å². The summed E-state index contributed by atoms with van der Waals surface area (Å²) in [5, 5.41) is 25.6. The number of ether oxygens (including phenoxy) is 9. The minimum Gasteiger partial charge on any atom is -0.469 e. The normalized spacial score (nSPS) is 55.8. The third-order valence-corrected chi connectivity index (χ3v) is 14.3. The quantitative estimate of drug-likeness (QED) is 0.240. The Kier molecular flexibility index (Phi) is 6.88. The van der Waals surface area contributed by atoms with Gasteiger partial charge in [-0.15, -0.1) is 0 Å². The molecule has 5 aliphatic heterocycles. The van der Waals surface area contributed by atoms with Crippen LogP contribution in [0.2, 0.25) is 0 Å². The van der Waals surface area contributed by atoms with Crippen molar-refractivity contribution in [3.63, 3.8) is 0 Å². The van der Waals surface area contributed by atoms with E-state index >= 15 is 0 Å². The van der Waals surface area contributed by atoms with Gasteiger partial charge in [0.05, 0.1) is 44.9 Å². The minimum atomic E-state index is -2.12. The number of esters is 3. The average molecular weight is 691 g/mol. The van der Waals surface area contributed by atoms with E-state index in [9.17, 15) is 24.6 Å². The fraction of sp³-hybridized carbons (Fsp3) is 0.800. The zero-order chi connectivity index (χ0) is 35.3. The van der Waals surface area contributed by atoms with E-state index in [1.54, 1.807) is 26.8 Å². The van der Waals surface area contributed by atoms with Gasteiger partial charge in [-0.25, -0.2) is 9.59 Å². The standard InChI is InChI=1S/C35H46O14/c1-9-16(2)25(37)47-20-13-19(46-17(3)36)29(4)14-44-22-23(29)32(20)15-45-34(42-8,27(38)41-7)26(32)30(5)24(22)49-31(6)18-12-21(35(30,31)40)48-28-33(18,39)10-11-43-28/h9-11,18-24,26,28,39-40H,12-15H2,1-8H3/b16-9+/t18-,19-,20+,21+,22-,23+,24-,26+,28-,29-,30-,31-,32?,33-,34+,35+/m1/s1. The van der Waals surface area contributed by atoms with Crippen LogP contribution in [0.5, 0.6) is 0 Å². The first-order valence-electron chi connectivity index (χ1n) is 17.0. The summed E-state index contributed by atoms with van der Waals surface area (Å²) in [4.78, 5) is 40.4. The first-order chi connectivity index (χ1) is 23.0. The predicted molar refractivity (Wildman–Crippen MR) is 163 cm³/mol. The highest BCUT2D eigenvalue weighted by molar-refractivity contribution is 5.88. The monoisotopic (exact) mass is 690 g/mol. The zero-order valence-electron chi connectivity index (χ0n) is 29.1. The molecule has 0 aromatic heterocycles. The number of fused-ring (bicyclic) bond motifs is 11. The lowest BCUT2D eigenvalue weighted by molar-refractivity contribution is -0.318. The van der Waals surface area contributed by atoms with Crippen molar-refractivity contribution in [2.75, 3.05) is 27.4 Å². The zero-order valence-corrected chi connectivity index (χ0v) is 29.1. The molecule has 7 fully saturated rings. The van der Waals surface area contributed by atoms with Crippen LogP contribution in [-0.4, -0.2) is 115 Å². The van der Waals surface area contributed by atoms with Crippen LogP contribution in [-0.2, 0) is 57.0 Å². The summed E-state index contributed by atoms with van der Waals surface area (Å²) >= 11 is 0. The summed E-state index contributed by atoms with van der Waals surface area (Å²) in [7, 11) is 2.57. The Morgan fingerprint density at radius 3 is 2.39 bits per heavy atom. The highest BCUT2D eigenvalue weighted by atomic mass is 16.7. The van der Waals surface area contributed by atoms with E-state index < -0.39 is 111 Å². The van der Waals surface area contributed by atoms with E-state index in [2.05, 4.69) is 0 Å². The lowest BCUT2D eigenvalue weighted by atomic mass is 9.37. The lowest BCUT2D eigenvalue weighted by Crippen LogP contribution is -2.78. The molecule has 4 saturated heterocycles. The summed E-state index contributed by atoms with van der Waals surface area (Å²) in [6, 6.07) is 0. The van der Waals surface area contributed by atoms with Crippen LogP contribution < -0.4 is 0 Å². The van der Waals surface area contributed by atoms with Crippen LogP contribution in [0.4, 0.5) is 0 Å². The number of allylic oxidation sites excluding steroid dienone is 1. The summed E-state index contributed by atoms with van der Waals surface area (Å²) in [6.45, 7) is 10.2. The van der Waals surface area contributed by atoms with Gasteiger partial charge in [-0.2, -0.15) is 0 Å². The molecule has 3 saturated carbocycles. The number of hydrogen-bond acceptors (Lipinski definition) is 14. The minimum absolute atomic E-state index is 0.0620. The highest BCUT2D eigenvalue weighted by Gasteiger charge is 2.94. The van der Waals surface area contributed by atoms with Gasteiger partial charge < -0.3 is 52.8 Å². The third kappa shape index (κ3) is 3.45. The number of carbonyl (C=O) groups excluding carboxylic acids is 3. The molecule has 16 atom stereocenters. The van der Waals surface area contributed by atoms with E-state index in [4.69, 9.17) is 42.6 Å². The van der Waals surface area contributed by atoms with Gasteiger partial charge in [0.1, 0.15) is 23.4 Å². The smallest absolute Gasteiger partial charge is 0.366 e. The van der Waals surface area contributed by atoms with E-state index in [-0.39, 0.29) is 26.1 Å². The Hall–Kier alpha value is -2.59. The Labute approximate surface area is 284 Å². The molecular weight excluding hydrogens is 644 g/mol. The second-order valence-corrected chi connectivity index (χ2v) is 15.9. The molecule has 270 valence electrons. The van der Waals surface area contributed by atoms with Gasteiger partial charge in [-0.05, 0) is 33.3 Å². The van der Waals surface area contributed by atoms with Crippen molar-refractivity contribution in [2.24, 2.45) is 34.0 Å². The first kappa shape index (κ1) is 33.5. The summed E-state index contributed by atoms with van der Waals surface area (Å²) in [5.41, 5.74) is -8.31. The lowest BCUT2D eigenvalue weighted by Gasteiger charge is -2.66. The molecular formula is C35H46O14. The van der Waals surface area contributed by atoms with Crippen LogP contribution in [0.3, 0.4) is 0 Å². The molecule has 8 rings (SSSR count). The SMILES string of the molecule is C/C=C(\C)C(=O)O[C@H]1C[C@@H](OC(C)=O)[C@@]2(C)CO[C@@H]3[C@@H]2C12CO[C@](OC)(C(=O)OC)[C@H]2[C@@]1(C)[C@@H]3O[C@]2(C)[C@H]3C[C@H](O[C@H]4OC=C[C@]43O)[C@]12O. The van der Waals surface area contributed by atoms with Crippen LogP contribution in [0.25, 0.3) is 0 Å². The van der Waals surface area contributed by atoms with Gasteiger partial charge >= 0.3 is 17.9 Å². The van der Waals surface area contributed by atoms with Crippen molar-refractivity contribution in [3.05, 3.63) is 24.0 Å². The molecule has 14 heteroatoms. The fourth-order valence-electron chi connectivity index (χ4n) is 12.3. The number of carbonyl (C=O) groups is 3. The van der Waals surface area contributed by atoms with Gasteiger partial charge in [0.15, 0.2) is 5.60 Å². The van der Waals surface area contributed by atoms with Gasteiger partial charge in [0.2, 0.25) is 6.29 Å². The van der Waals surface area contributed by atoms with Crippen LogP contribution >= 0.6 is 0 Å². The molecule has 5 heterocycles. The molecule has 0 amide bonds. The Bertz CT molecular complexity index is 1560. The molecule has 3 aliphatic carbocycles. The van der Waals surface area contributed by atoms with Crippen molar-refractivity contribution < 1.29 is 67.2 Å². The molecule has 1 spiro atoms. The van der Waals surface area contributed by atoms with Crippen molar-refractivity contribution in [3.8, 4) is 0 Å². The Balaban J connectivity index is 1.41. The predicted octanol–water partition coefficient (Wildman–Crippen LogP) is 1.30. The second kappa shape index (κ2) is 10.0. The number of rotatable bonds is 5. The van der Waals surface area contributed by atoms with Gasteiger partial charge in [0, 0.05) is 60.0 Å². The molecule has 14 nitrogen and oxygen atoms in total. The maximum Gasteiger partial charge on any atom is 0.366 e. The molecule has 2 N–H and O–H groups in total. The van der Waals surface area contributed by atoms with Crippen molar-refractivity contribution in [1.82, 2.24) is 0 Å². The topological polar surface area (TPSA) is 175 Å². The molecule has 1 unspecified atom stereocenters.